The number of hydrogen-bond acceptors (Lipinski definition) is 4. The fraction of sp³-hybridized carbons (Fsp3) is 0.400. The molecule has 1 fully saturated rings. The highest BCUT2D eigenvalue weighted by molar-refractivity contribution is 5.33. The molecule has 0 radical (unpaired) electrons. The van der Waals surface area contributed by atoms with Crippen LogP contribution >= 0.6 is 0 Å². The van der Waals surface area contributed by atoms with Crippen molar-refractivity contribution in [1.82, 2.24) is 9.80 Å². The van der Waals surface area contributed by atoms with E-state index in [0.29, 0.717) is 11.5 Å². The average molecular weight is 326 g/mol. The van der Waals surface area contributed by atoms with Crippen LogP contribution in [0.3, 0.4) is 0 Å². The van der Waals surface area contributed by atoms with Crippen molar-refractivity contribution in [2.45, 2.75) is 24.9 Å². The molecule has 1 heterocycles. The summed E-state index contributed by atoms with van der Waals surface area (Å²) in [7, 11) is 4.24. The van der Waals surface area contributed by atoms with Gasteiger partial charge in [0.1, 0.15) is 11.5 Å². The fourth-order valence-corrected chi connectivity index (χ4v) is 3.78. The summed E-state index contributed by atoms with van der Waals surface area (Å²) >= 11 is 0. The number of piperidine rings is 1. The van der Waals surface area contributed by atoms with E-state index in [-0.39, 0.29) is 5.54 Å². The van der Waals surface area contributed by atoms with Crippen molar-refractivity contribution in [1.29, 1.82) is 0 Å². The lowest BCUT2D eigenvalue weighted by Crippen LogP contribution is -2.50. The molecule has 1 saturated heterocycles. The van der Waals surface area contributed by atoms with Gasteiger partial charge in [0.05, 0.1) is 0 Å². The highest BCUT2D eigenvalue weighted by Crippen LogP contribution is 2.38. The van der Waals surface area contributed by atoms with Crippen molar-refractivity contribution in [2.24, 2.45) is 0 Å². The number of phenolic OH excluding ortho intramolecular Hbond substituents is 2. The Morgan fingerprint density at radius 1 is 0.958 bits per heavy atom. The summed E-state index contributed by atoms with van der Waals surface area (Å²) < 4.78 is 0. The third-order valence-electron chi connectivity index (χ3n) is 5.24. The molecule has 2 aromatic carbocycles. The molecule has 0 unspecified atom stereocenters. The molecule has 0 saturated carbocycles. The first-order valence-corrected chi connectivity index (χ1v) is 8.47. The van der Waals surface area contributed by atoms with Gasteiger partial charge in [0, 0.05) is 25.2 Å². The lowest BCUT2D eigenvalue weighted by molar-refractivity contribution is 0.0505. The highest BCUT2D eigenvalue weighted by atomic mass is 16.3. The number of benzene rings is 2. The van der Waals surface area contributed by atoms with Crippen molar-refractivity contribution in [3.63, 3.8) is 0 Å². The van der Waals surface area contributed by atoms with E-state index < -0.39 is 0 Å². The summed E-state index contributed by atoms with van der Waals surface area (Å²) in [6.45, 7) is 2.84. The molecule has 2 aromatic rings. The maximum Gasteiger partial charge on any atom is 0.115 e. The second-order valence-corrected chi connectivity index (χ2v) is 6.92. The predicted octanol–water partition coefficient (Wildman–Crippen LogP) is 3.15. The number of aromatic hydroxyl groups is 2. The molecule has 3 rings (SSSR count). The molecular weight excluding hydrogens is 300 g/mol. The molecule has 0 aromatic heterocycles. The smallest absolute Gasteiger partial charge is 0.115 e. The molecule has 0 atom stereocenters. The van der Waals surface area contributed by atoms with E-state index in [1.165, 1.54) is 5.56 Å². The largest absolute Gasteiger partial charge is 0.508 e. The van der Waals surface area contributed by atoms with E-state index in [9.17, 15) is 10.2 Å². The number of likely N-dealkylation sites (tertiary alicyclic amines) is 1. The molecule has 4 nitrogen and oxygen atoms in total. The Kier molecular flexibility index (Phi) is 4.78. The van der Waals surface area contributed by atoms with Gasteiger partial charge in [0.15, 0.2) is 0 Å². The third-order valence-corrected chi connectivity index (χ3v) is 5.24. The highest BCUT2D eigenvalue weighted by Gasteiger charge is 2.38. The van der Waals surface area contributed by atoms with Crippen LogP contribution in [0, 0.1) is 0 Å². The second kappa shape index (κ2) is 6.83. The monoisotopic (exact) mass is 326 g/mol. The Hall–Kier alpha value is -2.04. The Bertz CT molecular complexity index is 692. The first-order chi connectivity index (χ1) is 11.5. The maximum absolute atomic E-state index is 9.86. The molecule has 0 bridgehead atoms. The number of nitrogens with zero attached hydrogens (tertiary/aromatic N) is 2. The van der Waals surface area contributed by atoms with Crippen LogP contribution < -0.4 is 0 Å². The Morgan fingerprint density at radius 2 is 1.58 bits per heavy atom. The zero-order chi connectivity index (χ0) is 17.2. The first-order valence-electron chi connectivity index (χ1n) is 8.47. The predicted molar refractivity (Wildman–Crippen MR) is 96.1 cm³/mol. The lowest BCUT2D eigenvalue weighted by atomic mass is 9.79. The van der Waals surface area contributed by atoms with Gasteiger partial charge in [-0.1, -0.05) is 24.3 Å². The van der Waals surface area contributed by atoms with Crippen LogP contribution in [-0.2, 0) is 12.1 Å². The van der Waals surface area contributed by atoms with Gasteiger partial charge in [-0.05, 0) is 62.3 Å². The molecular formula is C20H26N2O2. The van der Waals surface area contributed by atoms with E-state index in [2.05, 4.69) is 36.0 Å². The molecule has 0 amide bonds. The molecule has 1 aliphatic heterocycles. The van der Waals surface area contributed by atoms with Crippen LogP contribution in [-0.4, -0.2) is 47.2 Å². The Labute approximate surface area is 144 Å². The third kappa shape index (κ3) is 3.40. The molecule has 4 heteroatoms. The lowest BCUT2D eigenvalue weighted by Gasteiger charge is -2.46. The minimum atomic E-state index is -0.0337. The summed E-state index contributed by atoms with van der Waals surface area (Å²) in [6, 6.07) is 15.2. The molecule has 1 aliphatic rings. The van der Waals surface area contributed by atoms with Crippen molar-refractivity contribution in [2.75, 3.05) is 27.2 Å². The van der Waals surface area contributed by atoms with Crippen LogP contribution in [0.5, 0.6) is 11.5 Å². The van der Waals surface area contributed by atoms with Gasteiger partial charge < -0.3 is 10.2 Å². The van der Waals surface area contributed by atoms with Gasteiger partial charge in [0.2, 0.25) is 0 Å². The van der Waals surface area contributed by atoms with E-state index in [1.54, 1.807) is 12.1 Å². The Balaban J connectivity index is 1.73. The number of rotatable bonds is 4. The van der Waals surface area contributed by atoms with Gasteiger partial charge >= 0.3 is 0 Å². The van der Waals surface area contributed by atoms with Gasteiger partial charge in [-0.25, -0.2) is 0 Å². The van der Waals surface area contributed by atoms with Gasteiger partial charge in [-0.2, -0.15) is 0 Å². The van der Waals surface area contributed by atoms with Crippen molar-refractivity contribution in [3.8, 4) is 11.5 Å². The van der Waals surface area contributed by atoms with Crippen LogP contribution in [0.2, 0.25) is 0 Å². The van der Waals surface area contributed by atoms with E-state index in [1.807, 2.05) is 24.3 Å². The van der Waals surface area contributed by atoms with Crippen LogP contribution in [0.15, 0.2) is 48.5 Å². The second-order valence-electron chi connectivity index (χ2n) is 6.92. The number of phenols is 2. The SMILES string of the molecule is CN(C)C1(c2cccc(O)c2)CCN(Cc2cccc(O)c2)CC1. The van der Waals surface area contributed by atoms with Crippen LogP contribution in [0.4, 0.5) is 0 Å². The van der Waals surface area contributed by atoms with Crippen molar-refractivity contribution >= 4 is 0 Å². The van der Waals surface area contributed by atoms with Crippen molar-refractivity contribution < 1.29 is 10.2 Å². The zero-order valence-corrected chi connectivity index (χ0v) is 14.4. The summed E-state index contributed by atoms with van der Waals surface area (Å²) in [5.74, 6) is 0.655. The normalized spacial score (nSPS) is 18.0. The summed E-state index contributed by atoms with van der Waals surface area (Å²) in [5, 5.41) is 19.5. The molecule has 24 heavy (non-hydrogen) atoms. The Morgan fingerprint density at radius 3 is 2.17 bits per heavy atom. The molecule has 2 N–H and O–H groups in total. The van der Waals surface area contributed by atoms with Crippen LogP contribution in [0.25, 0.3) is 0 Å². The van der Waals surface area contributed by atoms with Gasteiger partial charge in [-0.15, -0.1) is 0 Å². The summed E-state index contributed by atoms with van der Waals surface area (Å²) in [5.41, 5.74) is 2.29. The van der Waals surface area contributed by atoms with Crippen molar-refractivity contribution in [3.05, 3.63) is 59.7 Å². The molecule has 128 valence electrons. The summed E-state index contributed by atoms with van der Waals surface area (Å²) in [6.07, 6.45) is 2.03. The maximum atomic E-state index is 9.86. The standard InChI is InChI=1S/C20H26N2O2/c1-21(2)20(17-6-4-8-19(24)14-17)9-11-22(12-10-20)15-16-5-3-7-18(23)13-16/h3-8,13-14,23-24H,9-12,15H2,1-2H3. The van der Waals surface area contributed by atoms with E-state index in [4.69, 9.17) is 0 Å². The first kappa shape index (κ1) is 16.8. The van der Waals surface area contributed by atoms with Gasteiger partial charge in [-0.3, -0.25) is 9.80 Å². The zero-order valence-electron chi connectivity index (χ0n) is 14.4. The average Bonchev–Trinajstić information content (AvgIpc) is 2.55. The summed E-state index contributed by atoms with van der Waals surface area (Å²) in [4.78, 5) is 4.72. The van der Waals surface area contributed by atoms with E-state index in [0.717, 1.165) is 38.0 Å². The minimum Gasteiger partial charge on any atom is -0.508 e. The number of hydrogen-bond donors (Lipinski definition) is 2. The molecule has 0 spiro atoms. The van der Waals surface area contributed by atoms with E-state index >= 15 is 0 Å². The topological polar surface area (TPSA) is 46.9 Å². The van der Waals surface area contributed by atoms with Gasteiger partial charge in [0.25, 0.3) is 0 Å². The van der Waals surface area contributed by atoms with Crippen LogP contribution in [0.1, 0.15) is 24.0 Å². The minimum absolute atomic E-state index is 0.0337. The fourth-order valence-electron chi connectivity index (χ4n) is 3.78. The quantitative estimate of drug-likeness (QED) is 0.906. The molecule has 0 aliphatic carbocycles.